The number of carbonyl (C=O) groups is 1. The molecule has 1 aliphatic rings. The van der Waals surface area contributed by atoms with E-state index in [-0.39, 0.29) is 5.91 Å². The van der Waals surface area contributed by atoms with Crippen molar-refractivity contribution >= 4 is 50.0 Å². The molecular weight excluding hydrogens is 510 g/mol. The highest BCUT2D eigenvalue weighted by atomic mass is 79.9. The normalized spacial score (nSPS) is 14.0. The number of nitrogens with zero attached hydrogens (tertiary/aromatic N) is 3. The van der Waals surface area contributed by atoms with Crippen LogP contribution in [0, 0.1) is 0 Å². The minimum absolute atomic E-state index is 0.0441. The van der Waals surface area contributed by atoms with Gasteiger partial charge in [-0.1, -0.05) is 64.8 Å². The van der Waals surface area contributed by atoms with Gasteiger partial charge in [-0.2, -0.15) is 0 Å². The van der Waals surface area contributed by atoms with Gasteiger partial charge in [0.2, 0.25) is 0 Å². The van der Waals surface area contributed by atoms with Crippen LogP contribution < -0.4 is 4.90 Å². The van der Waals surface area contributed by atoms with Crippen LogP contribution >= 0.6 is 27.5 Å². The molecule has 1 amide bonds. The van der Waals surface area contributed by atoms with Crippen molar-refractivity contribution in [1.82, 2.24) is 9.88 Å². The van der Waals surface area contributed by atoms with Gasteiger partial charge in [-0.05, 0) is 54.4 Å². The highest BCUT2D eigenvalue weighted by molar-refractivity contribution is 9.10. The maximum absolute atomic E-state index is 13.7. The fraction of sp³-hybridized carbons (Fsp3) is 0.214. The molecule has 5 rings (SSSR count). The second-order valence-electron chi connectivity index (χ2n) is 8.53. The third-order valence-corrected chi connectivity index (χ3v) is 7.13. The molecule has 0 spiro atoms. The number of aromatic nitrogens is 1. The molecule has 6 heteroatoms. The lowest BCUT2D eigenvalue weighted by Crippen LogP contribution is -2.48. The molecule has 1 saturated heterocycles. The molecule has 34 heavy (non-hydrogen) atoms. The number of hydrogen-bond donors (Lipinski definition) is 0. The van der Waals surface area contributed by atoms with Crippen LogP contribution in [-0.4, -0.2) is 42.0 Å². The van der Waals surface area contributed by atoms with Crippen molar-refractivity contribution in [3.63, 3.8) is 0 Å². The molecule has 1 aromatic heterocycles. The quantitative estimate of drug-likeness (QED) is 0.287. The summed E-state index contributed by atoms with van der Waals surface area (Å²) in [6, 6.07) is 24.2. The number of halogens is 2. The van der Waals surface area contributed by atoms with Crippen molar-refractivity contribution in [3.05, 3.63) is 93.4 Å². The summed E-state index contributed by atoms with van der Waals surface area (Å²) >= 11 is 9.73. The van der Waals surface area contributed by atoms with Gasteiger partial charge in [0.1, 0.15) is 0 Å². The number of carbonyl (C=O) groups excluding carboxylic acids is 1. The molecule has 0 aliphatic carbocycles. The van der Waals surface area contributed by atoms with Gasteiger partial charge in [0.05, 0.1) is 16.8 Å². The minimum atomic E-state index is 0.0441. The standard InChI is InChI=1S/C28H25BrClN3O/c1-2-19-6-8-20(9-7-19)27-18-25(24-16-21(29)10-11-26(24)31-27)28(34)33-14-12-32(13-15-33)23-5-3-4-22(30)17-23/h3-11,16-18H,2,12-15H2,1H3. The van der Waals surface area contributed by atoms with Crippen molar-refractivity contribution in [2.75, 3.05) is 31.1 Å². The van der Waals surface area contributed by atoms with E-state index in [0.29, 0.717) is 18.7 Å². The first kappa shape index (κ1) is 22.9. The number of rotatable bonds is 4. The van der Waals surface area contributed by atoms with Crippen molar-refractivity contribution in [3.8, 4) is 11.3 Å². The topological polar surface area (TPSA) is 36.4 Å². The Morgan fingerprint density at radius 2 is 1.74 bits per heavy atom. The highest BCUT2D eigenvalue weighted by Gasteiger charge is 2.25. The number of hydrogen-bond acceptors (Lipinski definition) is 3. The zero-order valence-electron chi connectivity index (χ0n) is 19.0. The van der Waals surface area contributed by atoms with E-state index >= 15 is 0 Å². The van der Waals surface area contributed by atoms with Crippen molar-refractivity contribution < 1.29 is 4.79 Å². The summed E-state index contributed by atoms with van der Waals surface area (Å²) in [5, 5.41) is 1.59. The number of fused-ring (bicyclic) bond motifs is 1. The molecule has 3 aromatic carbocycles. The molecule has 172 valence electrons. The Morgan fingerprint density at radius 3 is 2.44 bits per heavy atom. The van der Waals surface area contributed by atoms with E-state index in [1.165, 1.54) is 5.56 Å². The molecule has 2 heterocycles. The van der Waals surface area contributed by atoms with Gasteiger partial charge in [-0.15, -0.1) is 0 Å². The van der Waals surface area contributed by atoms with Gasteiger partial charge < -0.3 is 9.80 Å². The van der Waals surface area contributed by atoms with Crippen LogP contribution in [0.3, 0.4) is 0 Å². The molecular formula is C28H25BrClN3O. The molecule has 4 nitrogen and oxygen atoms in total. The van der Waals surface area contributed by atoms with Crippen molar-refractivity contribution in [2.24, 2.45) is 0 Å². The van der Waals surface area contributed by atoms with Gasteiger partial charge in [-0.3, -0.25) is 4.79 Å². The third kappa shape index (κ3) is 4.68. The van der Waals surface area contributed by atoms with Gasteiger partial charge >= 0.3 is 0 Å². The van der Waals surface area contributed by atoms with Crippen molar-refractivity contribution in [1.29, 1.82) is 0 Å². The molecule has 1 aliphatic heterocycles. The fourth-order valence-corrected chi connectivity index (χ4v) is 4.99. The monoisotopic (exact) mass is 533 g/mol. The number of aryl methyl sites for hydroxylation is 1. The predicted molar refractivity (Wildman–Crippen MR) is 144 cm³/mol. The van der Waals surface area contributed by atoms with Gasteiger partial charge in [-0.25, -0.2) is 4.98 Å². The lowest BCUT2D eigenvalue weighted by atomic mass is 10.0. The summed E-state index contributed by atoms with van der Waals surface area (Å²) in [7, 11) is 0. The summed E-state index contributed by atoms with van der Waals surface area (Å²) in [6.45, 7) is 4.99. The second-order valence-corrected chi connectivity index (χ2v) is 9.88. The fourth-order valence-electron chi connectivity index (χ4n) is 4.44. The average Bonchev–Trinajstić information content (AvgIpc) is 2.88. The average molecular weight is 535 g/mol. The molecule has 0 radical (unpaired) electrons. The molecule has 0 unspecified atom stereocenters. The van der Waals surface area contributed by atoms with Gasteiger partial charge in [0.25, 0.3) is 5.91 Å². The van der Waals surface area contributed by atoms with E-state index in [2.05, 4.69) is 58.1 Å². The molecule has 1 fully saturated rings. The van der Waals surface area contributed by atoms with Crippen molar-refractivity contribution in [2.45, 2.75) is 13.3 Å². The molecule has 0 bridgehead atoms. The van der Waals surface area contributed by atoms with E-state index in [9.17, 15) is 4.79 Å². The van der Waals surface area contributed by atoms with E-state index < -0.39 is 0 Å². The lowest BCUT2D eigenvalue weighted by molar-refractivity contribution is 0.0748. The number of pyridine rings is 1. The third-order valence-electron chi connectivity index (χ3n) is 6.40. The largest absolute Gasteiger partial charge is 0.368 e. The van der Waals surface area contributed by atoms with Crippen LogP contribution in [0.15, 0.2) is 77.3 Å². The summed E-state index contributed by atoms with van der Waals surface area (Å²) in [6.07, 6.45) is 0.990. The predicted octanol–water partition coefficient (Wildman–Crippen LogP) is 6.84. The Balaban J connectivity index is 1.46. The Bertz CT molecular complexity index is 1350. The smallest absolute Gasteiger partial charge is 0.254 e. The van der Waals surface area contributed by atoms with E-state index in [1.54, 1.807) is 0 Å². The summed E-state index contributed by atoms with van der Waals surface area (Å²) in [4.78, 5) is 22.8. The van der Waals surface area contributed by atoms with E-state index in [4.69, 9.17) is 16.6 Å². The molecule has 0 N–H and O–H groups in total. The first-order chi connectivity index (χ1) is 16.5. The van der Waals surface area contributed by atoms with Gasteiger partial charge in [0.15, 0.2) is 0 Å². The molecule has 0 saturated carbocycles. The zero-order valence-corrected chi connectivity index (χ0v) is 21.3. The van der Waals surface area contributed by atoms with Crippen LogP contribution in [0.2, 0.25) is 5.02 Å². The Labute approximate surface area is 213 Å². The first-order valence-electron chi connectivity index (χ1n) is 11.5. The Hall–Kier alpha value is -2.89. The first-order valence-corrected chi connectivity index (χ1v) is 12.7. The number of amides is 1. The van der Waals surface area contributed by atoms with Crippen LogP contribution in [0.25, 0.3) is 22.2 Å². The number of piperazine rings is 1. The summed E-state index contributed by atoms with van der Waals surface area (Å²) in [5.41, 5.74) is 5.72. The Morgan fingerprint density at radius 1 is 0.971 bits per heavy atom. The SMILES string of the molecule is CCc1ccc(-c2cc(C(=O)N3CCN(c4cccc(Cl)c4)CC3)c3cc(Br)ccc3n2)cc1. The highest BCUT2D eigenvalue weighted by Crippen LogP contribution is 2.29. The van der Waals surface area contributed by atoms with E-state index in [0.717, 1.165) is 56.9 Å². The Kier molecular flexibility index (Phi) is 6.57. The van der Waals surface area contributed by atoms with Crippen LogP contribution in [0.1, 0.15) is 22.8 Å². The number of anilines is 1. The maximum atomic E-state index is 13.7. The summed E-state index contributed by atoms with van der Waals surface area (Å²) in [5.74, 6) is 0.0441. The zero-order chi connectivity index (χ0) is 23.7. The maximum Gasteiger partial charge on any atom is 0.254 e. The van der Waals surface area contributed by atoms with Crippen LogP contribution in [0.4, 0.5) is 5.69 Å². The van der Waals surface area contributed by atoms with Crippen LogP contribution in [-0.2, 0) is 6.42 Å². The number of benzene rings is 3. The minimum Gasteiger partial charge on any atom is -0.368 e. The van der Waals surface area contributed by atoms with Gasteiger partial charge in [0, 0.05) is 52.3 Å². The lowest BCUT2D eigenvalue weighted by Gasteiger charge is -2.36. The summed E-state index contributed by atoms with van der Waals surface area (Å²) < 4.78 is 0.932. The van der Waals surface area contributed by atoms with E-state index in [1.807, 2.05) is 47.4 Å². The molecule has 4 aromatic rings. The van der Waals surface area contributed by atoms with Crippen LogP contribution in [0.5, 0.6) is 0 Å². The second kappa shape index (κ2) is 9.77. The molecule has 0 atom stereocenters.